The van der Waals surface area contributed by atoms with Gasteiger partial charge in [-0.25, -0.2) is 15.0 Å². The van der Waals surface area contributed by atoms with Crippen LogP contribution in [-0.2, 0) is 0 Å². The maximum absolute atomic E-state index is 13.8. The van der Waals surface area contributed by atoms with Crippen LogP contribution in [0.1, 0.15) is 35.1 Å². The van der Waals surface area contributed by atoms with Gasteiger partial charge in [0.05, 0.1) is 27.7 Å². The summed E-state index contributed by atoms with van der Waals surface area (Å²) in [7, 11) is 0. The van der Waals surface area contributed by atoms with E-state index in [1.54, 1.807) is 42.5 Å². The second-order valence-corrected chi connectivity index (χ2v) is 8.83. The topological polar surface area (TPSA) is 142 Å². The predicted octanol–water partition coefficient (Wildman–Crippen LogP) is 3.73. The van der Waals surface area contributed by atoms with E-state index in [4.69, 9.17) is 39.7 Å². The van der Waals surface area contributed by atoms with Crippen LogP contribution in [0.25, 0.3) is 16.6 Å². The molecule has 5 rings (SSSR count). The number of hydrogen-bond acceptors (Lipinski definition) is 7. The highest BCUT2D eigenvalue weighted by Gasteiger charge is 2.37. The number of nitrogens with zero attached hydrogens (tertiary/aromatic N) is 4. The van der Waals surface area contributed by atoms with E-state index in [0.29, 0.717) is 22.8 Å². The summed E-state index contributed by atoms with van der Waals surface area (Å²) in [4.78, 5) is 38.6. The normalized spacial score (nSPS) is 14.2. The molecule has 1 atom stereocenters. The lowest BCUT2D eigenvalue weighted by molar-refractivity contribution is 0.1000. The average Bonchev–Trinajstić information content (AvgIpc) is 3.65. The molecule has 0 radical (unpaired) electrons. The molecule has 0 aliphatic heterocycles. The van der Waals surface area contributed by atoms with Gasteiger partial charge in [-0.05, 0) is 49.1 Å². The Kier molecular flexibility index (Phi) is 5.59. The number of carbonyl (C=O) groups is 1. The summed E-state index contributed by atoms with van der Waals surface area (Å²) in [5.74, 6) is 0.462. The molecule has 0 bridgehead atoms. The summed E-state index contributed by atoms with van der Waals surface area (Å²) in [5.41, 5.74) is 12.1. The van der Waals surface area contributed by atoms with Crippen LogP contribution in [0.2, 0.25) is 10.0 Å². The van der Waals surface area contributed by atoms with E-state index in [9.17, 15) is 9.59 Å². The lowest BCUT2D eigenvalue weighted by atomic mass is 10.1. The van der Waals surface area contributed by atoms with E-state index in [2.05, 4.69) is 15.3 Å². The maximum Gasteiger partial charge on any atom is 0.267 e. The average molecular weight is 496 g/mol. The minimum atomic E-state index is -0.608. The van der Waals surface area contributed by atoms with Gasteiger partial charge in [-0.2, -0.15) is 0 Å². The molecular weight excluding hydrogens is 477 g/mol. The van der Waals surface area contributed by atoms with E-state index in [1.807, 2.05) is 0 Å². The second-order valence-electron chi connectivity index (χ2n) is 8.04. The van der Waals surface area contributed by atoms with Crippen molar-refractivity contribution in [2.45, 2.75) is 18.9 Å². The van der Waals surface area contributed by atoms with Gasteiger partial charge in [0, 0.05) is 5.56 Å². The molecule has 1 fully saturated rings. The first-order valence-electron chi connectivity index (χ1n) is 10.5. The quantitative estimate of drug-likeness (QED) is 0.369. The van der Waals surface area contributed by atoms with Crippen LogP contribution in [0.3, 0.4) is 0 Å². The van der Waals surface area contributed by atoms with Gasteiger partial charge in [0.25, 0.3) is 5.56 Å². The third-order valence-corrected chi connectivity index (χ3v) is 6.43. The van der Waals surface area contributed by atoms with Gasteiger partial charge in [0.15, 0.2) is 5.82 Å². The number of primary amides is 1. The maximum atomic E-state index is 13.8. The molecule has 1 saturated carbocycles. The van der Waals surface area contributed by atoms with Crippen molar-refractivity contribution in [1.29, 1.82) is 0 Å². The molecule has 4 aromatic rings. The van der Waals surface area contributed by atoms with Crippen LogP contribution in [0, 0.1) is 5.92 Å². The molecule has 9 nitrogen and oxygen atoms in total. The first-order chi connectivity index (χ1) is 16.3. The van der Waals surface area contributed by atoms with E-state index in [1.165, 1.54) is 10.9 Å². The summed E-state index contributed by atoms with van der Waals surface area (Å²) >= 11 is 12.7. The van der Waals surface area contributed by atoms with Crippen molar-refractivity contribution >= 4 is 51.6 Å². The number of nitrogens with two attached hydrogens (primary N) is 2. The van der Waals surface area contributed by atoms with Gasteiger partial charge in [-0.15, -0.1) is 0 Å². The monoisotopic (exact) mass is 495 g/mol. The first-order valence-corrected chi connectivity index (χ1v) is 11.2. The molecule has 34 heavy (non-hydrogen) atoms. The Labute approximate surface area is 203 Å². The highest BCUT2D eigenvalue weighted by molar-refractivity contribution is 6.35. The minimum absolute atomic E-state index is 0.138. The number of fused-ring (bicyclic) bond motifs is 1. The Morgan fingerprint density at radius 3 is 2.65 bits per heavy atom. The Hall–Kier alpha value is -3.69. The fourth-order valence-corrected chi connectivity index (χ4v) is 4.32. The number of anilines is 2. The summed E-state index contributed by atoms with van der Waals surface area (Å²) < 4.78 is 1.45. The molecule has 1 aliphatic carbocycles. The zero-order chi connectivity index (χ0) is 24.0. The molecule has 1 aliphatic rings. The van der Waals surface area contributed by atoms with Crippen molar-refractivity contribution in [2.75, 3.05) is 11.1 Å². The van der Waals surface area contributed by atoms with Gasteiger partial charge >= 0.3 is 0 Å². The van der Waals surface area contributed by atoms with Crippen LogP contribution in [0.5, 0.6) is 0 Å². The summed E-state index contributed by atoms with van der Waals surface area (Å²) in [6.45, 7) is 0. The van der Waals surface area contributed by atoms with Gasteiger partial charge in [-0.1, -0.05) is 35.3 Å². The summed E-state index contributed by atoms with van der Waals surface area (Å²) in [6.07, 6.45) is 3.14. The summed E-state index contributed by atoms with van der Waals surface area (Å²) in [6, 6.07) is 11.2. The van der Waals surface area contributed by atoms with Crippen molar-refractivity contribution < 1.29 is 4.79 Å². The fraction of sp³-hybridized carbons (Fsp3) is 0.174. The standard InChI is InChI=1S/C23H19Cl2N7O2/c24-14-5-2-6-15-16(14)23(34)32(13-4-1-3-12(9-13)20(27)33)22(30-15)18(11-7-8-11)31-21-17(25)19(26)28-10-29-21/h1-6,9-11,18H,7-8H2,(H2,27,33)(H3,26,28,29,31)/t18-/m0/s1. The molecule has 5 N–H and O–H groups in total. The zero-order valence-corrected chi connectivity index (χ0v) is 19.2. The third kappa shape index (κ3) is 3.93. The van der Waals surface area contributed by atoms with E-state index in [-0.39, 0.29) is 38.3 Å². The number of rotatable bonds is 6. The minimum Gasteiger partial charge on any atom is -0.382 e. The first kappa shape index (κ1) is 22.1. The third-order valence-electron chi connectivity index (χ3n) is 5.74. The zero-order valence-electron chi connectivity index (χ0n) is 17.7. The van der Waals surface area contributed by atoms with E-state index >= 15 is 0 Å². The number of nitrogen functional groups attached to an aromatic ring is 1. The SMILES string of the molecule is NC(=O)c1cccc(-n2c([C@@H](Nc3ncnc(N)c3Cl)C3CC3)nc3cccc(Cl)c3c2=O)c1. The van der Waals surface area contributed by atoms with Gasteiger partial charge in [-0.3, -0.25) is 14.2 Å². The number of nitrogens with one attached hydrogen (secondary N) is 1. The Morgan fingerprint density at radius 1 is 1.15 bits per heavy atom. The van der Waals surface area contributed by atoms with E-state index < -0.39 is 11.9 Å². The highest BCUT2D eigenvalue weighted by atomic mass is 35.5. The molecule has 2 aromatic heterocycles. The van der Waals surface area contributed by atoms with Crippen molar-refractivity contribution in [3.8, 4) is 5.69 Å². The predicted molar refractivity (Wildman–Crippen MR) is 131 cm³/mol. The van der Waals surface area contributed by atoms with E-state index in [0.717, 1.165) is 12.8 Å². The summed E-state index contributed by atoms with van der Waals surface area (Å²) in [5, 5.41) is 4.05. The van der Waals surface area contributed by atoms with Crippen LogP contribution in [-0.4, -0.2) is 25.4 Å². The number of carbonyl (C=O) groups excluding carboxylic acids is 1. The van der Waals surface area contributed by atoms with Crippen molar-refractivity contribution in [3.63, 3.8) is 0 Å². The second kappa shape index (κ2) is 8.58. The van der Waals surface area contributed by atoms with Gasteiger partial charge in [0.2, 0.25) is 5.91 Å². The molecule has 11 heteroatoms. The van der Waals surface area contributed by atoms with Crippen molar-refractivity contribution in [3.05, 3.63) is 80.6 Å². The smallest absolute Gasteiger partial charge is 0.267 e. The number of halogens is 2. The van der Waals surface area contributed by atoms with Crippen LogP contribution < -0.4 is 22.3 Å². The van der Waals surface area contributed by atoms with Gasteiger partial charge in [0.1, 0.15) is 23.0 Å². The number of benzene rings is 2. The van der Waals surface area contributed by atoms with Gasteiger partial charge < -0.3 is 16.8 Å². The molecule has 0 spiro atoms. The number of hydrogen-bond donors (Lipinski definition) is 3. The Bertz CT molecular complexity index is 1500. The van der Waals surface area contributed by atoms with Crippen molar-refractivity contribution in [1.82, 2.24) is 19.5 Å². The van der Waals surface area contributed by atoms with Crippen LogP contribution in [0.4, 0.5) is 11.6 Å². The molecule has 0 unspecified atom stereocenters. The molecule has 172 valence electrons. The fourth-order valence-electron chi connectivity index (χ4n) is 3.92. The highest BCUT2D eigenvalue weighted by Crippen LogP contribution is 2.43. The number of aromatic nitrogens is 4. The largest absolute Gasteiger partial charge is 0.382 e. The molecular formula is C23H19Cl2N7O2. The lowest BCUT2D eigenvalue weighted by Gasteiger charge is -2.24. The Balaban J connectivity index is 1.77. The molecule has 0 saturated heterocycles. The molecule has 2 heterocycles. The molecule has 2 aromatic carbocycles. The number of amides is 1. The van der Waals surface area contributed by atoms with Crippen LogP contribution >= 0.6 is 23.2 Å². The Morgan fingerprint density at radius 2 is 1.91 bits per heavy atom. The lowest BCUT2D eigenvalue weighted by Crippen LogP contribution is -2.30. The van der Waals surface area contributed by atoms with Crippen LogP contribution in [0.15, 0.2) is 53.6 Å². The molecule has 1 amide bonds. The van der Waals surface area contributed by atoms with Crippen molar-refractivity contribution in [2.24, 2.45) is 11.7 Å².